The van der Waals surface area contributed by atoms with Gasteiger partial charge in [0.25, 0.3) is 0 Å². The number of hydrogen-bond donors (Lipinski definition) is 1. The number of halogens is 1. The zero-order chi connectivity index (χ0) is 16.6. The van der Waals surface area contributed by atoms with E-state index in [2.05, 4.69) is 15.1 Å². The molecule has 1 aromatic heterocycles. The molecule has 1 spiro atoms. The van der Waals surface area contributed by atoms with Gasteiger partial charge in [0.2, 0.25) is 0 Å². The normalized spacial score (nSPS) is 30.4. The molecule has 2 saturated heterocycles. The number of aromatic nitrogens is 2. The highest BCUT2D eigenvalue weighted by atomic mass is 19.1. The highest BCUT2D eigenvalue weighted by Crippen LogP contribution is 2.43. The largest absolute Gasteiger partial charge is 0.377 e. The Hall–Kier alpha value is -1.76. The van der Waals surface area contributed by atoms with Crippen LogP contribution in [0, 0.1) is 5.82 Å². The molecule has 0 radical (unpaired) electrons. The number of rotatable bonds is 4. The molecular weight excluding hydrogens is 309 g/mol. The van der Waals surface area contributed by atoms with E-state index >= 15 is 0 Å². The van der Waals surface area contributed by atoms with Crippen molar-refractivity contribution < 1.29 is 13.9 Å². The molecule has 4 rings (SSSR count). The Morgan fingerprint density at radius 3 is 3.17 bits per heavy atom. The molecular formula is C18H22FN3O2. The lowest BCUT2D eigenvalue weighted by molar-refractivity contribution is -0.0757. The molecule has 0 saturated carbocycles. The molecule has 2 aliphatic heterocycles. The Labute approximate surface area is 140 Å². The van der Waals surface area contributed by atoms with Crippen LogP contribution in [0.25, 0.3) is 0 Å². The number of methoxy groups -OCH3 is 1. The van der Waals surface area contributed by atoms with Gasteiger partial charge in [0.05, 0.1) is 18.9 Å². The van der Waals surface area contributed by atoms with Gasteiger partial charge in [0.1, 0.15) is 11.4 Å². The second-order valence-corrected chi connectivity index (χ2v) is 6.83. The topological polar surface area (TPSA) is 50.4 Å². The van der Waals surface area contributed by atoms with Crippen LogP contribution >= 0.6 is 0 Å². The van der Waals surface area contributed by atoms with Gasteiger partial charge in [-0.05, 0) is 24.1 Å². The van der Waals surface area contributed by atoms with Crippen molar-refractivity contribution in [1.29, 1.82) is 0 Å². The van der Waals surface area contributed by atoms with E-state index in [9.17, 15) is 4.39 Å². The number of aromatic amines is 1. The summed E-state index contributed by atoms with van der Waals surface area (Å²) in [6, 6.07) is 6.85. The number of hydrogen-bond acceptors (Lipinski definition) is 4. The molecule has 1 aromatic carbocycles. The first kappa shape index (κ1) is 15.7. The molecule has 24 heavy (non-hydrogen) atoms. The van der Waals surface area contributed by atoms with E-state index in [4.69, 9.17) is 9.47 Å². The minimum absolute atomic E-state index is 0.0305. The number of ether oxygens (including phenoxy) is 2. The van der Waals surface area contributed by atoms with Crippen LogP contribution in [0.2, 0.25) is 0 Å². The van der Waals surface area contributed by atoms with Crippen LogP contribution in [0.5, 0.6) is 0 Å². The van der Waals surface area contributed by atoms with Crippen LogP contribution in [-0.4, -0.2) is 53.6 Å². The predicted molar refractivity (Wildman–Crippen MR) is 87.1 cm³/mol. The Kier molecular flexibility index (Phi) is 4.12. The fraction of sp³-hybridized carbons (Fsp3) is 0.500. The lowest BCUT2D eigenvalue weighted by Crippen LogP contribution is -2.42. The summed E-state index contributed by atoms with van der Waals surface area (Å²) in [5.74, 6) is 0.0250. The van der Waals surface area contributed by atoms with E-state index in [0.29, 0.717) is 6.61 Å². The minimum atomic E-state index is -0.310. The third kappa shape index (κ3) is 2.85. The summed E-state index contributed by atoms with van der Waals surface area (Å²) in [5.41, 5.74) is 1.85. The molecule has 3 atom stereocenters. The van der Waals surface area contributed by atoms with Crippen LogP contribution in [0.15, 0.2) is 36.7 Å². The number of likely N-dealkylation sites (tertiary alicyclic amines) is 1. The fourth-order valence-electron chi connectivity index (χ4n) is 4.09. The van der Waals surface area contributed by atoms with E-state index in [-0.39, 0.29) is 23.4 Å². The van der Waals surface area contributed by atoms with E-state index in [1.807, 2.05) is 18.5 Å². The van der Waals surface area contributed by atoms with Crippen LogP contribution in [0.4, 0.5) is 4.39 Å². The van der Waals surface area contributed by atoms with Crippen molar-refractivity contribution in [3.8, 4) is 0 Å². The van der Waals surface area contributed by atoms with Crippen molar-refractivity contribution in [3.63, 3.8) is 0 Å². The number of nitrogens with zero attached hydrogens (tertiary/aromatic N) is 2. The standard InChI is InChI=1S/C18H22FN3O2/c1-23-17-10-22(9-13-7-20-21-8-13)12-18(17)6-15(11-24-18)14-3-2-4-16(19)5-14/h2-5,7-8,15,17H,6,9-12H2,1H3,(H,20,21)/t15-,17+,18+/m0/s1. The summed E-state index contributed by atoms with van der Waals surface area (Å²) in [6.07, 6.45) is 4.65. The average Bonchev–Trinajstić information content (AvgIpc) is 3.29. The van der Waals surface area contributed by atoms with Crippen LogP contribution in [0.3, 0.4) is 0 Å². The van der Waals surface area contributed by atoms with Crippen molar-refractivity contribution in [2.24, 2.45) is 0 Å². The first-order valence-corrected chi connectivity index (χ1v) is 8.31. The molecule has 2 aliphatic rings. The third-order valence-electron chi connectivity index (χ3n) is 5.23. The quantitative estimate of drug-likeness (QED) is 0.934. The van der Waals surface area contributed by atoms with Crippen molar-refractivity contribution in [2.45, 2.75) is 30.6 Å². The summed E-state index contributed by atoms with van der Waals surface area (Å²) < 4.78 is 25.5. The Morgan fingerprint density at radius 1 is 1.50 bits per heavy atom. The molecule has 0 unspecified atom stereocenters. The molecule has 3 heterocycles. The third-order valence-corrected chi connectivity index (χ3v) is 5.23. The van der Waals surface area contributed by atoms with Crippen LogP contribution in [-0.2, 0) is 16.0 Å². The Bertz CT molecular complexity index is 693. The highest BCUT2D eigenvalue weighted by molar-refractivity contribution is 5.24. The maximum absolute atomic E-state index is 13.5. The molecule has 128 valence electrons. The van der Waals surface area contributed by atoms with Gasteiger partial charge in [-0.1, -0.05) is 12.1 Å². The van der Waals surface area contributed by atoms with Gasteiger partial charge in [-0.15, -0.1) is 0 Å². The Balaban J connectivity index is 1.49. The minimum Gasteiger partial charge on any atom is -0.377 e. The number of nitrogens with one attached hydrogen (secondary N) is 1. The zero-order valence-electron chi connectivity index (χ0n) is 13.7. The zero-order valence-corrected chi connectivity index (χ0v) is 13.7. The fourth-order valence-corrected chi connectivity index (χ4v) is 4.09. The lowest BCUT2D eigenvalue weighted by atomic mass is 9.87. The summed E-state index contributed by atoms with van der Waals surface area (Å²) in [5, 5.41) is 6.85. The summed E-state index contributed by atoms with van der Waals surface area (Å²) in [4.78, 5) is 2.34. The van der Waals surface area contributed by atoms with E-state index in [1.165, 1.54) is 6.07 Å². The Morgan fingerprint density at radius 2 is 2.42 bits per heavy atom. The summed E-state index contributed by atoms with van der Waals surface area (Å²) >= 11 is 0. The van der Waals surface area contributed by atoms with Crippen molar-refractivity contribution in [2.75, 3.05) is 26.8 Å². The van der Waals surface area contributed by atoms with Crippen molar-refractivity contribution in [3.05, 3.63) is 53.6 Å². The highest BCUT2D eigenvalue weighted by Gasteiger charge is 2.52. The van der Waals surface area contributed by atoms with Crippen LogP contribution < -0.4 is 0 Å². The van der Waals surface area contributed by atoms with Gasteiger partial charge in [-0.25, -0.2) is 4.39 Å². The summed E-state index contributed by atoms with van der Waals surface area (Å²) in [7, 11) is 1.74. The van der Waals surface area contributed by atoms with Gasteiger partial charge in [0.15, 0.2) is 0 Å². The molecule has 0 amide bonds. The van der Waals surface area contributed by atoms with E-state index in [1.54, 1.807) is 19.2 Å². The second kappa shape index (κ2) is 6.27. The predicted octanol–water partition coefficient (Wildman–Crippen LogP) is 2.32. The summed E-state index contributed by atoms with van der Waals surface area (Å²) in [6.45, 7) is 3.09. The van der Waals surface area contributed by atoms with E-state index in [0.717, 1.165) is 37.2 Å². The monoisotopic (exact) mass is 331 g/mol. The van der Waals surface area contributed by atoms with E-state index < -0.39 is 0 Å². The molecule has 2 fully saturated rings. The van der Waals surface area contributed by atoms with Crippen molar-refractivity contribution >= 4 is 0 Å². The van der Waals surface area contributed by atoms with Gasteiger partial charge in [0, 0.05) is 44.4 Å². The molecule has 6 heteroatoms. The first-order valence-electron chi connectivity index (χ1n) is 8.31. The molecule has 5 nitrogen and oxygen atoms in total. The van der Waals surface area contributed by atoms with Gasteiger partial charge >= 0.3 is 0 Å². The maximum Gasteiger partial charge on any atom is 0.123 e. The second-order valence-electron chi connectivity index (χ2n) is 6.83. The molecule has 0 bridgehead atoms. The molecule has 0 aliphatic carbocycles. The smallest absolute Gasteiger partial charge is 0.123 e. The van der Waals surface area contributed by atoms with Crippen molar-refractivity contribution in [1.82, 2.24) is 15.1 Å². The average molecular weight is 331 g/mol. The SMILES string of the molecule is CO[C@@H]1CN(Cc2cn[nH]c2)C[C@]12C[C@H](c1cccc(F)c1)CO2. The lowest BCUT2D eigenvalue weighted by Gasteiger charge is -2.28. The number of benzene rings is 1. The molecule has 2 aromatic rings. The van der Waals surface area contributed by atoms with Gasteiger partial charge in [-0.2, -0.15) is 5.10 Å². The van der Waals surface area contributed by atoms with Crippen LogP contribution in [0.1, 0.15) is 23.5 Å². The number of H-pyrrole nitrogens is 1. The first-order chi connectivity index (χ1) is 11.7. The maximum atomic E-state index is 13.5. The molecule has 1 N–H and O–H groups in total. The van der Waals surface area contributed by atoms with Gasteiger partial charge in [-0.3, -0.25) is 10.00 Å². The van der Waals surface area contributed by atoms with Gasteiger partial charge < -0.3 is 9.47 Å².